The molecule has 1 aliphatic carbocycles. The summed E-state index contributed by atoms with van der Waals surface area (Å²) < 4.78 is 0. The minimum atomic E-state index is 0.695. The lowest BCUT2D eigenvalue weighted by molar-refractivity contribution is 0.322. The maximum absolute atomic E-state index is 8.23. The maximum atomic E-state index is 8.23. The molecule has 0 aliphatic heterocycles. The third kappa shape index (κ3) is 1.40. The van der Waals surface area contributed by atoms with E-state index in [1.165, 1.54) is 24.1 Å². The highest BCUT2D eigenvalue weighted by molar-refractivity contribution is 7.13. The number of nitrogens with zero attached hydrogens (tertiary/aromatic N) is 2. The molecule has 3 nitrogen and oxygen atoms in total. The average molecular weight is 168 g/mol. The molecule has 0 bridgehead atoms. The fraction of sp³-hybridized carbons (Fsp3) is 0.429. The fourth-order valence-corrected chi connectivity index (χ4v) is 1.89. The zero-order valence-electron chi connectivity index (χ0n) is 5.90. The SMILES string of the molecule is ON=Cc1cnc(C2CC2)s1. The van der Waals surface area contributed by atoms with Gasteiger partial charge in [-0.3, -0.25) is 0 Å². The quantitative estimate of drug-likeness (QED) is 0.416. The molecule has 1 heterocycles. The first kappa shape index (κ1) is 6.79. The molecule has 1 fully saturated rings. The van der Waals surface area contributed by atoms with Crippen LogP contribution in [0.1, 0.15) is 28.6 Å². The van der Waals surface area contributed by atoms with E-state index in [2.05, 4.69) is 10.1 Å². The predicted molar refractivity (Wildman–Crippen MR) is 43.5 cm³/mol. The van der Waals surface area contributed by atoms with Crippen LogP contribution in [0.5, 0.6) is 0 Å². The van der Waals surface area contributed by atoms with Gasteiger partial charge in [0, 0.05) is 12.1 Å². The summed E-state index contributed by atoms with van der Waals surface area (Å²) in [6.07, 6.45) is 5.70. The molecule has 0 unspecified atom stereocenters. The van der Waals surface area contributed by atoms with Crippen molar-refractivity contribution in [1.82, 2.24) is 4.98 Å². The van der Waals surface area contributed by atoms with Gasteiger partial charge in [-0.1, -0.05) is 5.16 Å². The van der Waals surface area contributed by atoms with Gasteiger partial charge >= 0.3 is 0 Å². The molecule has 1 aliphatic rings. The summed E-state index contributed by atoms with van der Waals surface area (Å²) in [7, 11) is 0. The monoisotopic (exact) mass is 168 g/mol. The van der Waals surface area contributed by atoms with Gasteiger partial charge in [-0.2, -0.15) is 0 Å². The molecule has 2 rings (SSSR count). The Morgan fingerprint density at radius 2 is 2.55 bits per heavy atom. The highest BCUT2D eigenvalue weighted by Gasteiger charge is 2.26. The first-order valence-corrected chi connectivity index (χ1v) is 4.35. The van der Waals surface area contributed by atoms with Gasteiger partial charge in [-0.15, -0.1) is 11.3 Å². The van der Waals surface area contributed by atoms with Gasteiger partial charge in [-0.25, -0.2) is 4.98 Å². The van der Waals surface area contributed by atoms with Gasteiger partial charge in [0.15, 0.2) is 0 Å². The van der Waals surface area contributed by atoms with E-state index in [1.807, 2.05) is 0 Å². The Morgan fingerprint density at radius 1 is 1.73 bits per heavy atom. The van der Waals surface area contributed by atoms with Crippen molar-refractivity contribution < 1.29 is 5.21 Å². The van der Waals surface area contributed by atoms with Crippen LogP contribution in [0.3, 0.4) is 0 Å². The van der Waals surface area contributed by atoms with Gasteiger partial charge in [0.1, 0.15) is 0 Å². The van der Waals surface area contributed by atoms with Crippen LogP contribution in [-0.4, -0.2) is 16.4 Å². The molecule has 4 heteroatoms. The second kappa shape index (κ2) is 2.62. The van der Waals surface area contributed by atoms with E-state index in [0.717, 1.165) is 4.88 Å². The van der Waals surface area contributed by atoms with Crippen molar-refractivity contribution in [2.75, 3.05) is 0 Å². The van der Waals surface area contributed by atoms with Crippen LogP contribution < -0.4 is 0 Å². The minimum absolute atomic E-state index is 0.695. The molecule has 0 saturated heterocycles. The molecular weight excluding hydrogens is 160 g/mol. The van der Waals surface area contributed by atoms with E-state index in [0.29, 0.717) is 5.92 Å². The fourth-order valence-electron chi connectivity index (χ4n) is 0.936. The summed E-state index contributed by atoms with van der Waals surface area (Å²) in [6, 6.07) is 0. The predicted octanol–water partition coefficient (Wildman–Crippen LogP) is 1.83. The molecule has 0 atom stereocenters. The maximum Gasteiger partial charge on any atom is 0.0962 e. The highest BCUT2D eigenvalue weighted by atomic mass is 32.1. The Balaban J connectivity index is 2.18. The largest absolute Gasteiger partial charge is 0.411 e. The summed E-state index contributed by atoms with van der Waals surface area (Å²) in [6.45, 7) is 0. The van der Waals surface area contributed by atoms with Gasteiger partial charge in [-0.05, 0) is 12.8 Å². The Morgan fingerprint density at radius 3 is 3.18 bits per heavy atom. The summed E-state index contributed by atoms with van der Waals surface area (Å²) in [5.41, 5.74) is 0. The summed E-state index contributed by atoms with van der Waals surface area (Å²) in [4.78, 5) is 5.14. The first-order chi connectivity index (χ1) is 5.40. The minimum Gasteiger partial charge on any atom is -0.411 e. The lowest BCUT2D eigenvalue weighted by Crippen LogP contribution is -1.70. The van der Waals surface area contributed by atoms with Gasteiger partial charge < -0.3 is 5.21 Å². The lowest BCUT2D eigenvalue weighted by atomic mass is 10.5. The number of oxime groups is 1. The Kier molecular flexibility index (Phi) is 1.62. The van der Waals surface area contributed by atoms with E-state index >= 15 is 0 Å². The summed E-state index contributed by atoms with van der Waals surface area (Å²) >= 11 is 1.61. The third-order valence-electron chi connectivity index (χ3n) is 1.65. The molecule has 0 radical (unpaired) electrons. The standard InChI is InChI=1S/C7H8N2OS/c10-9-4-6-3-8-7(11-6)5-1-2-5/h3-5,10H,1-2H2. The Hall–Kier alpha value is -0.900. The van der Waals surface area contributed by atoms with Gasteiger partial charge in [0.05, 0.1) is 16.1 Å². The second-order valence-electron chi connectivity index (χ2n) is 2.62. The molecule has 0 spiro atoms. The van der Waals surface area contributed by atoms with Crippen LogP contribution in [0.25, 0.3) is 0 Å². The highest BCUT2D eigenvalue weighted by Crippen LogP contribution is 2.41. The second-order valence-corrected chi connectivity index (χ2v) is 3.71. The molecule has 0 amide bonds. The summed E-state index contributed by atoms with van der Waals surface area (Å²) in [5.74, 6) is 0.695. The molecule has 11 heavy (non-hydrogen) atoms. The van der Waals surface area contributed by atoms with E-state index in [4.69, 9.17) is 5.21 Å². The molecule has 1 aromatic rings. The van der Waals surface area contributed by atoms with Crippen molar-refractivity contribution in [3.05, 3.63) is 16.1 Å². The molecule has 1 aromatic heterocycles. The molecule has 58 valence electrons. The van der Waals surface area contributed by atoms with Crippen molar-refractivity contribution >= 4 is 17.6 Å². The van der Waals surface area contributed by atoms with Crippen LogP contribution >= 0.6 is 11.3 Å². The number of thiazole rings is 1. The smallest absolute Gasteiger partial charge is 0.0962 e. The Labute approximate surface area is 68.4 Å². The Bertz CT molecular complexity index is 278. The van der Waals surface area contributed by atoms with Crippen LogP contribution in [0.4, 0.5) is 0 Å². The van der Waals surface area contributed by atoms with Gasteiger partial charge in [0.2, 0.25) is 0 Å². The number of rotatable bonds is 2. The average Bonchev–Trinajstić information content (AvgIpc) is 2.75. The first-order valence-electron chi connectivity index (χ1n) is 3.53. The number of hydrogen-bond donors (Lipinski definition) is 1. The zero-order valence-corrected chi connectivity index (χ0v) is 6.71. The normalized spacial score (nSPS) is 17.8. The van der Waals surface area contributed by atoms with Crippen molar-refractivity contribution in [2.24, 2.45) is 5.16 Å². The number of aromatic nitrogens is 1. The van der Waals surface area contributed by atoms with E-state index < -0.39 is 0 Å². The van der Waals surface area contributed by atoms with E-state index in [9.17, 15) is 0 Å². The van der Waals surface area contributed by atoms with Crippen molar-refractivity contribution in [2.45, 2.75) is 18.8 Å². The third-order valence-corrected chi connectivity index (χ3v) is 2.75. The molecule has 1 saturated carbocycles. The van der Waals surface area contributed by atoms with Crippen molar-refractivity contribution in [3.63, 3.8) is 0 Å². The topological polar surface area (TPSA) is 45.5 Å². The van der Waals surface area contributed by atoms with Gasteiger partial charge in [0.25, 0.3) is 0 Å². The number of hydrogen-bond acceptors (Lipinski definition) is 4. The van der Waals surface area contributed by atoms with Crippen LogP contribution in [0, 0.1) is 0 Å². The van der Waals surface area contributed by atoms with Crippen molar-refractivity contribution in [1.29, 1.82) is 0 Å². The van der Waals surface area contributed by atoms with E-state index in [1.54, 1.807) is 17.5 Å². The summed E-state index contributed by atoms with van der Waals surface area (Å²) in [5, 5.41) is 12.4. The zero-order chi connectivity index (χ0) is 7.68. The molecule has 1 N–H and O–H groups in total. The van der Waals surface area contributed by atoms with E-state index in [-0.39, 0.29) is 0 Å². The van der Waals surface area contributed by atoms with Crippen LogP contribution in [0.2, 0.25) is 0 Å². The molecule has 0 aromatic carbocycles. The van der Waals surface area contributed by atoms with Crippen LogP contribution in [0.15, 0.2) is 11.4 Å². The van der Waals surface area contributed by atoms with Crippen LogP contribution in [-0.2, 0) is 0 Å². The van der Waals surface area contributed by atoms with Crippen molar-refractivity contribution in [3.8, 4) is 0 Å². The lowest BCUT2D eigenvalue weighted by Gasteiger charge is -1.82. The molecular formula is C7H8N2OS.